The van der Waals surface area contributed by atoms with Gasteiger partial charge in [0.05, 0.1) is 9.43 Å². The van der Waals surface area contributed by atoms with Crippen LogP contribution in [0.15, 0.2) is 11.4 Å². The predicted molar refractivity (Wildman–Crippen MR) is 50.4 cm³/mol. The quantitative estimate of drug-likeness (QED) is 0.651. The molecule has 4 heteroatoms. The molecule has 1 aromatic rings. The molecule has 0 bridgehead atoms. The van der Waals surface area contributed by atoms with Crippen LogP contribution in [0.3, 0.4) is 0 Å². The lowest BCUT2D eigenvalue weighted by atomic mass is 10.2. The zero-order valence-corrected chi connectivity index (χ0v) is 8.11. The largest absolute Gasteiger partial charge is 0.324 e. The van der Waals surface area contributed by atoms with Crippen molar-refractivity contribution in [2.24, 2.45) is 5.73 Å². The number of ketones is 1. The molecule has 0 atom stereocenters. The first-order valence-electron chi connectivity index (χ1n) is 2.71. The number of Topliss-reactive ketones (excluding diaryl/α,β-unsaturated/α-hetero) is 1. The minimum atomic E-state index is 0.0131. The number of carbonyl (C=O) groups excluding carboxylic acids is 1. The molecule has 0 unspecified atom stereocenters. The van der Waals surface area contributed by atoms with Crippen molar-refractivity contribution in [1.82, 2.24) is 0 Å². The van der Waals surface area contributed by atoms with Gasteiger partial charge in [0.2, 0.25) is 0 Å². The molecule has 2 N–H and O–H groups in total. The maximum absolute atomic E-state index is 10.9. The molecule has 0 saturated carbocycles. The van der Waals surface area contributed by atoms with Crippen LogP contribution >= 0.6 is 33.9 Å². The van der Waals surface area contributed by atoms with Crippen LogP contribution in [0.5, 0.6) is 0 Å². The van der Waals surface area contributed by atoms with E-state index < -0.39 is 0 Å². The molecule has 54 valence electrons. The van der Waals surface area contributed by atoms with E-state index >= 15 is 0 Å². The Morgan fingerprint density at radius 2 is 2.50 bits per heavy atom. The lowest BCUT2D eigenvalue weighted by Gasteiger charge is -1.87. The third-order valence-corrected chi connectivity index (χ3v) is 2.86. The maximum atomic E-state index is 10.9. The molecule has 10 heavy (non-hydrogen) atoms. The number of thiophene rings is 1. The van der Waals surface area contributed by atoms with E-state index in [1.807, 2.05) is 11.4 Å². The Balaban J connectivity index is 2.85. The van der Waals surface area contributed by atoms with Crippen molar-refractivity contribution in [2.45, 2.75) is 0 Å². The number of rotatable bonds is 2. The van der Waals surface area contributed by atoms with E-state index in [-0.39, 0.29) is 12.3 Å². The van der Waals surface area contributed by atoms with E-state index in [9.17, 15) is 4.79 Å². The van der Waals surface area contributed by atoms with E-state index in [2.05, 4.69) is 22.6 Å². The van der Waals surface area contributed by atoms with E-state index in [0.717, 1.165) is 8.45 Å². The smallest absolute Gasteiger partial charge is 0.177 e. The summed E-state index contributed by atoms with van der Waals surface area (Å²) in [4.78, 5) is 10.9. The first-order valence-corrected chi connectivity index (χ1v) is 4.67. The molecular weight excluding hydrogens is 261 g/mol. The molecule has 1 rings (SSSR count). The van der Waals surface area contributed by atoms with E-state index in [0.29, 0.717) is 0 Å². The molecule has 0 radical (unpaired) electrons. The van der Waals surface area contributed by atoms with Gasteiger partial charge in [-0.15, -0.1) is 11.3 Å². The number of hydrogen-bond acceptors (Lipinski definition) is 3. The van der Waals surface area contributed by atoms with Crippen LogP contribution in [0.25, 0.3) is 0 Å². The Bertz CT molecular complexity index is 246. The fourth-order valence-electron chi connectivity index (χ4n) is 0.574. The van der Waals surface area contributed by atoms with Gasteiger partial charge in [0.25, 0.3) is 0 Å². The molecular formula is C6H6INOS. The Morgan fingerprint density at radius 1 is 1.80 bits per heavy atom. The van der Waals surface area contributed by atoms with Crippen molar-refractivity contribution in [1.29, 1.82) is 0 Å². The highest BCUT2D eigenvalue weighted by atomic mass is 127. The highest BCUT2D eigenvalue weighted by Gasteiger charge is 2.04. The first-order chi connectivity index (χ1) is 4.74. The van der Waals surface area contributed by atoms with Crippen LogP contribution in [-0.2, 0) is 0 Å². The van der Waals surface area contributed by atoms with Crippen molar-refractivity contribution in [2.75, 3.05) is 6.54 Å². The van der Waals surface area contributed by atoms with Crippen molar-refractivity contribution >= 4 is 39.7 Å². The van der Waals surface area contributed by atoms with Crippen LogP contribution < -0.4 is 5.73 Å². The Morgan fingerprint density at radius 3 is 2.90 bits per heavy atom. The molecule has 1 aromatic heterocycles. The molecule has 0 saturated heterocycles. The fraction of sp³-hybridized carbons (Fsp3) is 0.167. The van der Waals surface area contributed by atoms with Gasteiger partial charge in [-0.2, -0.15) is 0 Å². The van der Waals surface area contributed by atoms with Crippen molar-refractivity contribution in [3.63, 3.8) is 0 Å². The van der Waals surface area contributed by atoms with Crippen LogP contribution in [0.4, 0.5) is 0 Å². The van der Waals surface area contributed by atoms with Gasteiger partial charge in [-0.3, -0.25) is 4.79 Å². The summed E-state index contributed by atoms with van der Waals surface area (Å²) in [6, 6.07) is 1.85. The van der Waals surface area contributed by atoms with Crippen LogP contribution in [0.2, 0.25) is 0 Å². The molecule has 0 spiro atoms. The van der Waals surface area contributed by atoms with Crippen LogP contribution in [0, 0.1) is 2.88 Å². The Kier molecular flexibility index (Phi) is 2.82. The molecule has 0 aromatic carbocycles. The highest BCUT2D eigenvalue weighted by Crippen LogP contribution is 2.16. The SMILES string of the molecule is NCC(=O)c1csc(I)c1. The van der Waals surface area contributed by atoms with E-state index in [1.54, 1.807) is 11.3 Å². The van der Waals surface area contributed by atoms with Crippen LogP contribution in [0.1, 0.15) is 10.4 Å². The maximum Gasteiger partial charge on any atom is 0.177 e. The number of hydrogen-bond donors (Lipinski definition) is 1. The second-order valence-corrected chi connectivity index (χ2v) is 4.57. The van der Waals surface area contributed by atoms with Gasteiger partial charge in [-0.1, -0.05) is 0 Å². The first kappa shape index (κ1) is 8.16. The second-order valence-electron chi connectivity index (χ2n) is 1.77. The standard InChI is InChI=1S/C6H6INOS/c7-6-1-4(3-10-6)5(9)2-8/h1,3H,2,8H2. The number of carbonyl (C=O) groups is 1. The summed E-state index contributed by atoms with van der Waals surface area (Å²) in [7, 11) is 0. The molecule has 0 aliphatic carbocycles. The molecule has 2 nitrogen and oxygen atoms in total. The lowest BCUT2D eigenvalue weighted by Crippen LogP contribution is -2.12. The average molecular weight is 267 g/mol. The van der Waals surface area contributed by atoms with E-state index in [1.165, 1.54) is 0 Å². The minimum Gasteiger partial charge on any atom is -0.324 e. The molecule has 0 aliphatic heterocycles. The van der Waals surface area contributed by atoms with E-state index in [4.69, 9.17) is 5.73 Å². The summed E-state index contributed by atoms with van der Waals surface area (Å²) in [5, 5.41) is 1.83. The van der Waals surface area contributed by atoms with Crippen molar-refractivity contribution in [3.05, 3.63) is 19.9 Å². The van der Waals surface area contributed by atoms with Gasteiger partial charge in [-0.25, -0.2) is 0 Å². The molecule has 1 heterocycles. The van der Waals surface area contributed by atoms with Crippen molar-refractivity contribution in [3.8, 4) is 0 Å². The summed E-state index contributed by atoms with van der Waals surface area (Å²) in [6.45, 7) is 0.104. The van der Waals surface area contributed by atoms with Gasteiger partial charge in [0.1, 0.15) is 0 Å². The average Bonchev–Trinajstić information content (AvgIpc) is 2.34. The van der Waals surface area contributed by atoms with Gasteiger partial charge < -0.3 is 5.73 Å². The van der Waals surface area contributed by atoms with Gasteiger partial charge >= 0.3 is 0 Å². The summed E-state index contributed by atoms with van der Waals surface area (Å²) in [5.41, 5.74) is 5.90. The third kappa shape index (κ3) is 1.77. The molecule has 0 aliphatic rings. The highest BCUT2D eigenvalue weighted by molar-refractivity contribution is 14.1. The predicted octanol–water partition coefficient (Wildman–Crippen LogP) is 1.49. The summed E-state index contributed by atoms with van der Waals surface area (Å²) < 4.78 is 1.12. The number of halogens is 1. The molecule has 0 amide bonds. The van der Waals surface area contributed by atoms with Gasteiger partial charge in [0, 0.05) is 10.9 Å². The van der Waals surface area contributed by atoms with Crippen LogP contribution in [-0.4, -0.2) is 12.3 Å². The summed E-state index contributed by atoms with van der Waals surface area (Å²) in [5.74, 6) is 0.0131. The monoisotopic (exact) mass is 267 g/mol. The Labute approximate surface area is 76.6 Å². The summed E-state index contributed by atoms with van der Waals surface area (Å²) >= 11 is 3.73. The topological polar surface area (TPSA) is 43.1 Å². The number of nitrogens with two attached hydrogens (primary N) is 1. The fourth-order valence-corrected chi connectivity index (χ4v) is 1.93. The Hall–Kier alpha value is 0.0600. The summed E-state index contributed by atoms with van der Waals surface area (Å²) in [6.07, 6.45) is 0. The third-order valence-electron chi connectivity index (χ3n) is 1.07. The van der Waals surface area contributed by atoms with Crippen molar-refractivity contribution < 1.29 is 4.79 Å². The second kappa shape index (κ2) is 3.45. The zero-order valence-electron chi connectivity index (χ0n) is 5.13. The van der Waals surface area contributed by atoms with Gasteiger partial charge in [0.15, 0.2) is 5.78 Å². The molecule has 0 fully saturated rings. The minimum absolute atomic E-state index is 0.0131. The normalized spacial score (nSPS) is 9.80. The zero-order chi connectivity index (χ0) is 7.56. The van der Waals surface area contributed by atoms with Gasteiger partial charge in [-0.05, 0) is 28.7 Å². The lowest BCUT2D eigenvalue weighted by molar-refractivity contribution is 0.100.